The Kier molecular flexibility index (Phi) is 6.88. The second-order valence-electron chi connectivity index (χ2n) is 8.87. The molecule has 0 aliphatic rings. The van der Waals surface area contributed by atoms with Crippen molar-refractivity contribution in [3.8, 4) is 11.1 Å². The SMILES string of the molecule is C[C@H](NC(=O)c1ccc2c(cnn2Cc2ccc(-c3ccccc3)c(C(=O)O)c2)c1)c1ccc(Br)cc1. The number of benzene rings is 4. The zero-order valence-corrected chi connectivity index (χ0v) is 21.6. The van der Waals surface area contributed by atoms with E-state index in [0.29, 0.717) is 17.7 Å². The first-order valence-electron chi connectivity index (χ1n) is 11.8. The Morgan fingerprint density at radius 1 is 0.973 bits per heavy atom. The summed E-state index contributed by atoms with van der Waals surface area (Å²) in [7, 11) is 0. The van der Waals surface area contributed by atoms with Gasteiger partial charge < -0.3 is 10.4 Å². The van der Waals surface area contributed by atoms with Gasteiger partial charge in [0.2, 0.25) is 0 Å². The summed E-state index contributed by atoms with van der Waals surface area (Å²) < 4.78 is 2.80. The molecule has 1 amide bonds. The summed E-state index contributed by atoms with van der Waals surface area (Å²) in [4.78, 5) is 24.9. The molecule has 0 aliphatic carbocycles. The standard InChI is InChI=1S/C30H24BrN3O3/c1-19(21-8-11-25(31)12-9-21)33-29(35)23-10-14-28-24(16-23)17-32-34(28)18-20-7-13-26(27(15-20)30(36)37)22-5-3-2-4-6-22/h2-17,19H,18H2,1H3,(H,33,35)(H,36,37)/t19-/m0/s1. The fourth-order valence-electron chi connectivity index (χ4n) is 4.38. The van der Waals surface area contributed by atoms with Gasteiger partial charge in [-0.1, -0.05) is 70.5 Å². The number of nitrogens with zero attached hydrogens (tertiary/aromatic N) is 2. The third-order valence-corrected chi connectivity index (χ3v) is 6.88. The molecule has 1 atom stereocenters. The largest absolute Gasteiger partial charge is 0.478 e. The first kappa shape index (κ1) is 24.5. The quantitative estimate of drug-likeness (QED) is 0.235. The molecule has 0 aliphatic heterocycles. The van der Waals surface area contributed by atoms with Crippen LogP contribution in [-0.2, 0) is 6.54 Å². The number of hydrogen-bond donors (Lipinski definition) is 2. The van der Waals surface area contributed by atoms with Crippen LogP contribution >= 0.6 is 15.9 Å². The third kappa shape index (κ3) is 5.32. The van der Waals surface area contributed by atoms with Gasteiger partial charge in [-0.05, 0) is 65.6 Å². The van der Waals surface area contributed by atoms with E-state index >= 15 is 0 Å². The molecule has 37 heavy (non-hydrogen) atoms. The van der Waals surface area contributed by atoms with E-state index in [1.807, 2.05) is 90.5 Å². The van der Waals surface area contributed by atoms with E-state index in [4.69, 9.17) is 0 Å². The molecule has 0 spiro atoms. The van der Waals surface area contributed by atoms with Crippen LogP contribution in [-0.4, -0.2) is 26.8 Å². The summed E-state index contributed by atoms with van der Waals surface area (Å²) in [5, 5.41) is 18.2. The maximum Gasteiger partial charge on any atom is 0.336 e. The molecule has 4 aromatic carbocycles. The molecule has 0 bridgehead atoms. The van der Waals surface area contributed by atoms with Crippen LogP contribution in [0.2, 0.25) is 0 Å². The highest BCUT2D eigenvalue weighted by atomic mass is 79.9. The fourth-order valence-corrected chi connectivity index (χ4v) is 4.64. The van der Waals surface area contributed by atoms with E-state index < -0.39 is 5.97 Å². The van der Waals surface area contributed by atoms with Gasteiger partial charge in [0, 0.05) is 15.4 Å². The van der Waals surface area contributed by atoms with Crippen molar-refractivity contribution in [1.82, 2.24) is 15.1 Å². The molecule has 6 nitrogen and oxygen atoms in total. The summed E-state index contributed by atoms with van der Waals surface area (Å²) >= 11 is 3.43. The van der Waals surface area contributed by atoms with Gasteiger partial charge in [0.05, 0.1) is 29.9 Å². The van der Waals surface area contributed by atoms with Crippen molar-refractivity contribution in [2.75, 3.05) is 0 Å². The molecular formula is C30H24BrN3O3. The van der Waals surface area contributed by atoms with Gasteiger partial charge >= 0.3 is 5.97 Å². The van der Waals surface area contributed by atoms with Gasteiger partial charge in [0.25, 0.3) is 5.91 Å². The normalized spacial score (nSPS) is 11.8. The lowest BCUT2D eigenvalue weighted by molar-refractivity contribution is 0.0697. The maximum atomic E-state index is 12.9. The van der Waals surface area contributed by atoms with Crippen LogP contribution in [0.15, 0.2) is 102 Å². The van der Waals surface area contributed by atoms with Crippen molar-refractivity contribution in [2.24, 2.45) is 0 Å². The van der Waals surface area contributed by atoms with E-state index in [0.717, 1.165) is 32.1 Å². The van der Waals surface area contributed by atoms with E-state index in [1.54, 1.807) is 18.3 Å². The molecule has 184 valence electrons. The first-order chi connectivity index (χ1) is 17.9. The smallest absolute Gasteiger partial charge is 0.336 e. The zero-order valence-electron chi connectivity index (χ0n) is 20.1. The van der Waals surface area contributed by atoms with Crippen molar-refractivity contribution >= 4 is 38.7 Å². The molecule has 5 rings (SSSR count). The molecule has 1 heterocycles. The molecule has 2 N–H and O–H groups in total. The number of aromatic nitrogens is 2. The number of fused-ring (bicyclic) bond motifs is 1. The number of carbonyl (C=O) groups is 2. The number of hydrogen-bond acceptors (Lipinski definition) is 3. The van der Waals surface area contributed by atoms with Gasteiger partial charge in [-0.15, -0.1) is 0 Å². The lowest BCUT2D eigenvalue weighted by atomic mass is 9.97. The third-order valence-electron chi connectivity index (χ3n) is 6.35. The molecule has 5 aromatic rings. The molecule has 0 radical (unpaired) electrons. The van der Waals surface area contributed by atoms with Gasteiger partial charge in [-0.3, -0.25) is 9.48 Å². The lowest BCUT2D eigenvalue weighted by Gasteiger charge is -2.14. The Morgan fingerprint density at radius 2 is 1.73 bits per heavy atom. The average Bonchev–Trinajstić information content (AvgIpc) is 3.31. The van der Waals surface area contributed by atoms with Crippen molar-refractivity contribution in [3.05, 3.63) is 124 Å². The van der Waals surface area contributed by atoms with E-state index in [2.05, 4.69) is 26.3 Å². The molecule has 0 saturated carbocycles. The predicted molar refractivity (Wildman–Crippen MR) is 148 cm³/mol. The van der Waals surface area contributed by atoms with Crippen molar-refractivity contribution in [3.63, 3.8) is 0 Å². The molecule has 1 aromatic heterocycles. The molecule has 0 fully saturated rings. The Labute approximate surface area is 222 Å². The van der Waals surface area contributed by atoms with Gasteiger partial charge in [-0.25, -0.2) is 4.79 Å². The fraction of sp³-hybridized carbons (Fsp3) is 0.100. The maximum absolute atomic E-state index is 12.9. The van der Waals surface area contributed by atoms with Crippen molar-refractivity contribution < 1.29 is 14.7 Å². The summed E-state index contributed by atoms with van der Waals surface area (Å²) in [5.41, 5.74) is 5.04. The Hall–Kier alpha value is -4.23. The van der Waals surface area contributed by atoms with Crippen LogP contribution in [0.3, 0.4) is 0 Å². The summed E-state index contributed by atoms with van der Waals surface area (Å²) in [5.74, 6) is -1.13. The van der Waals surface area contributed by atoms with Crippen LogP contribution < -0.4 is 5.32 Å². The summed E-state index contributed by atoms with van der Waals surface area (Å²) in [6, 6.07) is 28.1. The van der Waals surface area contributed by atoms with E-state index in [1.165, 1.54) is 0 Å². The number of nitrogens with one attached hydrogen (secondary N) is 1. The second-order valence-corrected chi connectivity index (χ2v) is 9.79. The summed E-state index contributed by atoms with van der Waals surface area (Å²) in [6.45, 7) is 2.36. The minimum atomic E-state index is -0.973. The van der Waals surface area contributed by atoms with Crippen LogP contribution in [0.25, 0.3) is 22.0 Å². The highest BCUT2D eigenvalue weighted by Crippen LogP contribution is 2.26. The highest BCUT2D eigenvalue weighted by molar-refractivity contribution is 9.10. The number of amides is 1. The lowest BCUT2D eigenvalue weighted by Crippen LogP contribution is -2.26. The van der Waals surface area contributed by atoms with Crippen LogP contribution in [0.5, 0.6) is 0 Å². The van der Waals surface area contributed by atoms with Crippen LogP contribution in [0, 0.1) is 0 Å². The number of carbonyl (C=O) groups excluding carboxylic acids is 1. The van der Waals surface area contributed by atoms with Gasteiger partial charge in [-0.2, -0.15) is 5.10 Å². The number of rotatable bonds is 7. The van der Waals surface area contributed by atoms with Crippen LogP contribution in [0.1, 0.15) is 44.8 Å². The van der Waals surface area contributed by atoms with Gasteiger partial charge in [0.1, 0.15) is 0 Å². The zero-order chi connectivity index (χ0) is 25.9. The predicted octanol–water partition coefficient (Wildman–Crippen LogP) is 6.70. The van der Waals surface area contributed by atoms with Crippen molar-refractivity contribution in [1.29, 1.82) is 0 Å². The monoisotopic (exact) mass is 553 g/mol. The topological polar surface area (TPSA) is 84.2 Å². The number of carboxylic acids is 1. The Balaban J connectivity index is 1.36. The van der Waals surface area contributed by atoms with Crippen LogP contribution in [0.4, 0.5) is 0 Å². The number of carboxylic acid groups (broad SMARTS) is 1. The highest BCUT2D eigenvalue weighted by Gasteiger charge is 2.15. The molecule has 0 saturated heterocycles. The minimum Gasteiger partial charge on any atom is -0.478 e. The first-order valence-corrected chi connectivity index (χ1v) is 12.6. The number of halogens is 1. The molecule has 7 heteroatoms. The Bertz CT molecular complexity index is 1590. The average molecular weight is 554 g/mol. The van der Waals surface area contributed by atoms with Gasteiger partial charge in [0.15, 0.2) is 0 Å². The van der Waals surface area contributed by atoms with Crippen molar-refractivity contribution in [2.45, 2.75) is 19.5 Å². The van der Waals surface area contributed by atoms with E-state index in [9.17, 15) is 14.7 Å². The minimum absolute atomic E-state index is 0.138. The van der Waals surface area contributed by atoms with E-state index in [-0.39, 0.29) is 17.5 Å². The summed E-state index contributed by atoms with van der Waals surface area (Å²) in [6.07, 6.45) is 1.72. The Morgan fingerprint density at radius 3 is 2.46 bits per heavy atom. The molecular weight excluding hydrogens is 530 g/mol. The molecule has 0 unspecified atom stereocenters. The second kappa shape index (κ2) is 10.4. The number of aromatic carboxylic acids is 1.